The second kappa shape index (κ2) is 19.4. The molecule has 2 rings (SSSR count). The van der Waals surface area contributed by atoms with Gasteiger partial charge in [-0.15, -0.1) is 0 Å². The van der Waals surface area contributed by atoms with Gasteiger partial charge in [-0.2, -0.15) is 0 Å². The predicted molar refractivity (Wildman–Crippen MR) is 190 cm³/mol. The highest BCUT2D eigenvalue weighted by molar-refractivity contribution is 5.86. The first kappa shape index (κ1) is 43.0. The minimum absolute atomic E-state index is 0.0174. The van der Waals surface area contributed by atoms with Crippen molar-refractivity contribution in [1.82, 2.24) is 9.80 Å². The lowest BCUT2D eigenvalue weighted by Gasteiger charge is -2.39. The summed E-state index contributed by atoms with van der Waals surface area (Å²) in [4.78, 5) is 56.2. The average molecular weight is 717 g/mol. The van der Waals surface area contributed by atoms with Crippen LogP contribution in [0.3, 0.4) is 0 Å². The molecule has 0 fully saturated rings. The smallest absolute Gasteiger partial charge is 0.413 e. The normalized spacial score (nSPS) is 14.0. The number of methoxy groups -OCH3 is 2. The largest absolute Gasteiger partial charge is 0.461 e. The standard InChI is InChI=1S/C38H56N2O11/c1-35(2,3)50-33(43)39(27-45-9)37(7,25-29-17-13-11-14-18-29)31(41)48-23-21-47-22-24-49-32(42)38(8,26-30-19-15-12-16-20-30)40(28-46-10)34(44)51-36(4,5)6/h11-20H,21-28H2,1-10H3/t37-,38-/m1/s1. The van der Waals surface area contributed by atoms with Gasteiger partial charge in [-0.1, -0.05) is 60.7 Å². The van der Waals surface area contributed by atoms with E-state index in [1.807, 2.05) is 60.7 Å². The molecule has 2 amide bonds. The zero-order chi connectivity index (χ0) is 38.3. The number of hydrogen-bond acceptors (Lipinski definition) is 11. The van der Waals surface area contributed by atoms with Crippen LogP contribution in [0.2, 0.25) is 0 Å². The topological polar surface area (TPSA) is 139 Å². The number of amides is 2. The fourth-order valence-corrected chi connectivity index (χ4v) is 5.03. The summed E-state index contributed by atoms with van der Waals surface area (Å²) < 4.78 is 38.6. The number of hydrogen-bond donors (Lipinski definition) is 0. The molecule has 2 aromatic carbocycles. The van der Waals surface area contributed by atoms with Gasteiger partial charge in [0.05, 0.1) is 13.2 Å². The van der Waals surface area contributed by atoms with E-state index in [1.165, 1.54) is 24.0 Å². The molecule has 0 heterocycles. The van der Waals surface area contributed by atoms with E-state index in [1.54, 1.807) is 55.4 Å². The van der Waals surface area contributed by atoms with E-state index in [0.29, 0.717) is 0 Å². The van der Waals surface area contributed by atoms with Crippen LogP contribution in [0, 0.1) is 0 Å². The van der Waals surface area contributed by atoms with Crippen molar-refractivity contribution in [2.24, 2.45) is 0 Å². The minimum Gasteiger partial charge on any atom is -0.461 e. The van der Waals surface area contributed by atoms with Gasteiger partial charge in [-0.25, -0.2) is 19.2 Å². The van der Waals surface area contributed by atoms with Crippen molar-refractivity contribution in [2.45, 2.75) is 90.5 Å². The van der Waals surface area contributed by atoms with Crippen molar-refractivity contribution in [1.29, 1.82) is 0 Å². The van der Waals surface area contributed by atoms with E-state index in [4.69, 9.17) is 33.2 Å². The Morgan fingerprint density at radius 1 is 0.529 bits per heavy atom. The predicted octanol–water partition coefficient (Wildman–Crippen LogP) is 5.77. The van der Waals surface area contributed by atoms with Crippen LogP contribution in [0.25, 0.3) is 0 Å². The fourth-order valence-electron chi connectivity index (χ4n) is 5.03. The quantitative estimate of drug-likeness (QED) is 0.0804. The molecule has 0 bridgehead atoms. The third-order valence-corrected chi connectivity index (χ3v) is 7.52. The van der Waals surface area contributed by atoms with Crippen molar-refractivity contribution in [2.75, 3.05) is 54.1 Å². The number of benzene rings is 2. The molecule has 0 aromatic heterocycles. The molecule has 13 nitrogen and oxygen atoms in total. The van der Waals surface area contributed by atoms with E-state index in [9.17, 15) is 19.2 Å². The SMILES string of the molecule is COCN(C(=O)OC(C)(C)C)[C@](C)(Cc1ccccc1)C(=O)OCCOCCOC(=O)[C@@](C)(Cc1ccccc1)N(COC)C(=O)OC(C)(C)C. The number of carbonyl (C=O) groups excluding carboxylic acids is 4. The van der Waals surface area contributed by atoms with Gasteiger partial charge in [0.25, 0.3) is 0 Å². The molecule has 0 saturated carbocycles. The first-order valence-corrected chi connectivity index (χ1v) is 16.9. The average Bonchev–Trinajstić information content (AvgIpc) is 3.04. The van der Waals surface area contributed by atoms with E-state index < -0.39 is 46.4 Å². The van der Waals surface area contributed by atoms with Gasteiger partial charge >= 0.3 is 24.1 Å². The Hall–Kier alpha value is -4.20. The van der Waals surface area contributed by atoms with E-state index in [-0.39, 0.29) is 52.7 Å². The molecule has 2 aromatic rings. The maximum atomic E-state index is 13.6. The van der Waals surface area contributed by atoms with Gasteiger partial charge in [0.2, 0.25) is 0 Å². The van der Waals surface area contributed by atoms with Crippen LogP contribution in [0.4, 0.5) is 9.59 Å². The molecule has 0 aliphatic rings. The molecule has 0 unspecified atom stereocenters. The molecule has 284 valence electrons. The molecular formula is C38H56N2O11. The molecule has 13 heteroatoms. The highest BCUT2D eigenvalue weighted by atomic mass is 16.6. The Morgan fingerprint density at radius 3 is 1.16 bits per heavy atom. The van der Waals surface area contributed by atoms with Crippen LogP contribution in [0.5, 0.6) is 0 Å². The minimum atomic E-state index is -1.49. The Labute approximate surface area is 302 Å². The molecule has 2 atom stereocenters. The van der Waals surface area contributed by atoms with Crippen molar-refractivity contribution in [3.05, 3.63) is 71.8 Å². The summed E-state index contributed by atoms with van der Waals surface area (Å²) in [6, 6.07) is 18.5. The van der Waals surface area contributed by atoms with Crippen molar-refractivity contribution < 1.29 is 52.3 Å². The first-order chi connectivity index (χ1) is 23.9. The number of nitrogens with zero attached hydrogens (tertiary/aromatic N) is 2. The molecule has 0 spiro atoms. The van der Waals surface area contributed by atoms with Crippen molar-refractivity contribution in [3.8, 4) is 0 Å². The molecule has 0 radical (unpaired) electrons. The summed E-state index contributed by atoms with van der Waals surface area (Å²) in [5.74, 6) is -1.36. The van der Waals surface area contributed by atoms with Crippen molar-refractivity contribution in [3.63, 3.8) is 0 Å². The molecule has 0 N–H and O–H groups in total. The number of rotatable bonds is 18. The summed E-state index contributed by atoms with van der Waals surface area (Å²) in [6.45, 7) is 12.9. The van der Waals surface area contributed by atoms with Gasteiger partial charge < -0.3 is 33.2 Å². The fraction of sp³-hybridized carbons (Fsp3) is 0.579. The van der Waals surface area contributed by atoms with Gasteiger partial charge in [0.1, 0.15) is 49.0 Å². The van der Waals surface area contributed by atoms with Gasteiger partial charge in [0, 0.05) is 27.1 Å². The molecule has 0 aliphatic heterocycles. The maximum Gasteiger partial charge on any atom is 0.413 e. The van der Waals surface area contributed by atoms with Gasteiger partial charge in [-0.05, 0) is 66.5 Å². The third kappa shape index (κ3) is 13.8. The number of esters is 2. The molecule has 51 heavy (non-hydrogen) atoms. The van der Waals surface area contributed by atoms with Crippen LogP contribution < -0.4 is 0 Å². The first-order valence-electron chi connectivity index (χ1n) is 16.9. The summed E-state index contributed by atoms with van der Waals surface area (Å²) in [5.41, 5.74) is -2.99. The lowest BCUT2D eigenvalue weighted by atomic mass is 9.91. The number of carbonyl (C=O) groups is 4. The maximum absolute atomic E-state index is 13.6. The zero-order valence-electron chi connectivity index (χ0n) is 31.8. The van der Waals surface area contributed by atoms with Crippen LogP contribution in [0.1, 0.15) is 66.5 Å². The summed E-state index contributed by atoms with van der Waals surface area (Å²) in [5, 5.41) is 0. The Balaban J connectivity index is 2.09. The van der Waals surface area contributed by atoms with E-state index in [0.717, 1.165) is 11.1 Å². The molecule has 0 aliphatic carbocycles. The van der Waals surface area contributed by atoms with Crippen LogP contribution in [0.15, 0.2) is 60.7 Å². The Kier molecular flexibility index (Phi) is 16.4. The highest BCUT2D eigenvalue weighted by Gasteiger charge is 2.47. The Bertz CT molecular complexity index is 1290. The van der Waals surface area contributed by atoms with E-state index in [2.05, 4.69) is 0 Å². The molecule has 0 saturated heterocycles. The lowest BCUT2D eigenvalue weighted by molar-refractivity contribution is -0.163. The lowest BCUT2D eigenvalue weighted by Crippen LogP contribution is -2.58. The summed E-state index contributed by atoms with van der Waals surface area (Å²) in [6.07, 6.45) is -1.19. The van der Waals surface area contributed by atoms with Crippen LogP contribution in [-0.4, -0.2) is 110 Å². The molecular weight excluding hydrogens is 660 g/mol. The van der Waals surface area contributed by atoms with Crippen molar-refractivity contribution >= 4 is 24.1 Å². The summed E-state index contributed by atoms with van der Waals surface area (Å²) >= 11 is 0. The zero-order valence-corrected chi connectivity index (χ0v) is 31.8. The highest BCUT2D eigenvalue weighted by Crippen LogP contribution is 2.27. The second-order valence-electron chi connectivity index (χ2n) is 14.4. The monoisotopic (exact) mass is 716 g/mol. The second-order valence-corrected chi connectivity index (χ2v) is 14.4. The van der Waals surface area contributed by atoms with Crippen LogP contribution >= 0.6 is 0 Å². The van der Waals surface area contributed by atoms with Gasteiger partial charge in [-0.3, -0.25) is 9.80 Å². The van der Waals surface area contributed by atoms with Crippen LogP contribution in [-0.2, 0) is 55.6 Å². The van der Waals surface area contributed by atoms with Gasteiger partial charge in [0.15, 0.2) is 0 Å². The van der Waals surface area contributed by atoms with E-state index >= 15 is 0 Å². The number of ether oxygens (including phenoxy) is 7. The third-order valence-electron chi connectivity index (χ3n) is 7.52. The summed E-state index contributed by atoms with van der Waals surface area (Å²) in [7, 11) is 2.84. The Morgan fingerprint density at radius 2 is 0.863 bits per heavy atom.